The first-order valence-corrected chi connectivity index (χ1v) is 5.86. The van der Waals surface area contributed by atoms with E-state index in [1.54, 1.807) is 4.90 Å². The molecule has 0 saturated carbocycles. The van der Waals surface area contributed by atoms with Gasteiger partial charge in [0.1, 0.15) is 6.61 Å². The molecule has 6 heteroatoms. The number of ether oxygens (including phenoxy) is 2. The number of morpholine rings is 1. The summed E-state index contributed by atoms with van der Waals surface area (Å²) in [7, 11) is 0. The predicted octanol–water partition coefficient (Wildman–Crippen LogP) is -0.275. The van der Waals surface area contributed by atoms with Crippen LogP contribution in [0, 0.1) is 5.92 Å². The van der Waals surface area contributed by atoms with Gasteiger partial charge >= 0.3 is 5.97 Å². The summed E-state index contributed by atoms with van der Waals surface area (Å²) in [6.07, 6.45) is 0.984. The van der Waals surface area contributed by atoms with E-state index in [-0.39, 0.29) is 19.1 Å². The molecule has 2 rings (SSSR count). The number of carbonyl (C=O) groups excluding carboxylic acids is 1. The molecule has 0 aromatic heterocycles. The Kier molecular flexibility index (Phi) is 3.96. The Morgan fingerprint density at radius 2 is 2.12 bits per heavy atom. The monoisotopic (exact) mass is 243 g/mol. The van der Waals surface area contributed by atoms with Crippen LogP contribution in [-0.4, -0.2) is 60.9 Å². The Morgan fingerprint density at radius 1 is 1.41 bits per heavy atom. The lowest BCUT2D eigenvalue weighted by Gasteiger charge is -2.34. The summed E-state index contributed by atoms with van der Waals surface area (Å²) in [5, 5.41) is 8.87. The zero-order valence-electron chi connectivity index (χ0n) is 9.63. The van der Waals surface area contributed by atoms with Crippen LogP contribution in [0.1, 0.15) is 12.8 Å². The zero-order valence-corrected chi connectivity index (χ0v) is 9.63. The van der Waals surface area contributed by atoms with E-state index in [0.717, 1.165) is 26.1 Å². The second-order valence-corrected chi connectivity index (χ2v) is 4.49. The summed E-state index contributed by atoms with van der Waals surface area (Å²) >= 11 is 0. The molecule has 2 saturated heterocycles. The molecular formula is C11H17NO5. The third kappa shape index (κ3) is 3.17. The number of carboxylic acid groups (broad SMARTS) is 1. The van der Waals surface area contributed by atoms with Crippen LogP contribution in [-0.2, 0) is 19.1 Å². The molecule has 1 atom stereocenters. The standard InChI is InChI=1S/C11H17NO5/c13-10-7-17-9(11(14)15)6-12(10)5-8-1-3-16-4-2-8/h8-9H,1-7H2,(H,14,15). The maximum atomic E-state index is 11.6. The van der Waals surface area contributed by atoms with Crippen molar-refractivity contribution in [2.45, 2.75) is 18.9 Å². The van der Waals surface area contributed by atoms with E-state index in [1.165, 1.54) is 0 Å². The lowest BCUT2D eigenvalue weighted by atomic mass is 9.99. The average Bonchev–Trinajstić information content (AvgIpc) is 2.33. The molecule has 1 N–H and O–H groups in total. The molecule has 2 heterocycles. The van der Waals surface area contributed by atoms with Crippen molar-refractivity contribution in [1.29, 1.82) is 0 Å². The van der Waals surface area contributed by atoms with Gasteiger partial charge in [0.15, 0.2) is 6.10 Å². The van der Waals surface area contributed by atoms with Crippen LogP contribution in [0.25, 0.3) is 0 Å². The van der Waals surface area contributed by atoms with Crippen LogP contribution in [0.4, 0.5) is 0 Å². The van der Waals surface area contributed by atoms with Crippen LogP contribution in [0.5, 0.6) is 0 Å². The van der Waals surface area contributed by atoms with Crippen LogP contribution in [0.2, 0.25) is 0 Å². The van der Waals surface area contributed by atoms with E-state index in [0.29, 0.717) is 12.5 Å². The van der Waals surface area contributed by atoms with Gasteiger partial charge in [-0.2, -0.15) is 0 Å². The smallest absolute Gasteiger partial charge is 0.334 e. The predicted molar refractivity (Wildman–Crippen MR) is 57.5 cm³/mol. The summed E-state index contributed by atoms with van der Waals surface area (Å²) in [6.45, 7) is 2.11. The molecule has 1 unspecified atom stereocenters. The number of rotatable bonds is 3. The fraction of sp³-hybridized carbons (Fsp3) is 0.818. The molecule has 0 aromatic rings. The lowest BCUT2D eigenvalue weighted by molar-refractivity contribution is -0.165. The van der Waals surface area contributed by atoms with Crippen molar-refractivity contribution in [2.24, 2.45) is 5.92 Å². The summed E-state index contributed by atoms with van der Waals surface area (Å²) in [5.74, 6) is -0.705. The van der Waals surface area contributed by atoms with Crippen molar-refractivity contribution in [3.8, 4) is 0 Å². The Labute approximate surface area is 99.5 Å². The zero-order chi connectivity index (χ0) is 12.3. The van der Waals surface area contributed by atoms with Gasteiger partial charge in [0.05, 0.1) is 6.54 Å². The molecule has 6 nitrogen and oxygen atoms in total. The second kappa shape index (κ2) is 5.46. The summed E-state index contributed by atoms with van der Waals surface area (Å²) in [5.41, 5.74) is 0. The van der Waals surface area contributed by atoms with Gasteiger partial charge in [-0.1, -0.05) is 0 Å². The molecule has 2 fully saturated rings. The molecule has 96 valence electrons. The normalized spacial score (nSPS) is 27.2. The van der Waals surface area contributed by atoms with Crippen LogP contribution >= 0.6 is 0 Å². The highest BCUT2D eigenvalue weighted by atomic mass is 16.5. The maximum Gasteiger partial charge on any atom is 0.334 e. The minimum atomic E-state index is -1.01. The largest absolute Gasteiger partial charge is 0.479 e. The van der Waals surface area contributed by atoms with E-state index in [9.17, 15) is 9.59 Å². The molecule has 0 radical (unpaired) electrons. The molecule has 0 spiro atoms. The average molecular weight is 243 g/mol. The highest BCUT2D eigenvalue weighted by Crippen LogP contribution is 2.18. The first kappa shape index (κ1) is 12.3. The Bertz CT molecular complexity index is 300. The fourth-order valence-corrected chi connectivity index (χ4v) is 2.18. The molecule has 0 aromatic carbocycles. The molecule has 0 aliphatic carbocycles. The maximum absolute atomic E-state index is 11.6. The minimum Gasteiger partial charge on any atom is -0.479 e. The number of amides is 1. The van der Waals surface area contributed by atoms with Crippen molar-refractivity contribution in [3.05, 3.63) is 0 Å². The van der Waals surface area contributed by atoms with Gasteiger partial charge in [-0.15, -0.1) is 0 Å². The second-order valence-electron chi connectivity index (χ2n) is 4.49. The molecule has 0 bridgehead atoms. The van der Waals surface area contributed by atoms with E-state index >= 15 is 0 Å². The van der Waals surface area contributed by atoms with Crippen molar-refractivity contribution in [1.82, 2.24) is 4.90 Å². The van der Waals surface area contributed by atoms with Crippen LogP contribution in [0.3, 0.4) is 0 Å². The number of carbonyl (C=O) groups is 2. The van der Waals surface area contributed by atoms with Crippen molar-refractivity contribution in [3.63, 3.8) is 0 Å². The number of aliphatic carboxylic acids is 1. The van der Waals surface area contributed by atoms with Gasteiger partial charge in [-0.25, -0.2) is 4.79 Å². The van der Waals surface area contributed by atoms with E-state index in [2.05, 4.69) is 0 Å². The highest BCUT2D eigenvalue weighted by molar-refractivity contribution is 5.81. The molecule has 1 amide bonds. The Morgan fingerprint density at radius 3 is 2.76 bits per heavy atom. The molecule has 2 aliphatic heterocycles. The van der Waals surface area contributed by atoms with Crippen molar-refractivity contribution < 1.29 is 24.2 Å². The van der Waals surface area contributed by atoms with Crippen LogP contribution in [0.15, 0.2) is 0 Å². The van der Waals surface area contributed by atoms with Gasteiger partial charge in [0.25, 0.3) is 0 Å². The number of hydrogen-bond donors (Lipinski definition) is 1. The highest BCUT2D eigenvalue weighted by Gasteiger charge is 2.32. The number of hydrogen-bond acceptors (Lipinski definition) is 4. The van der Waals surface area contributed by atoms with E-state index in [4.69, 9.17) is 14.6 Å². The van der Waals surface area contributed by atoms with Gasteiger partial charge in [0.2, 0.25) is 5.91 Å². The molecule has 17 heavy (non-hydrogen) atoms. The first-order chi connectivity index (χ1) is 8.16. The Balaban J connectivity index is 1.88. The van der Waals surface area contributed by atoms with Crippen LogP contribution < -0.4 is 0 Å². The Hall–Kier alpha value is -1.14. The molecular weight excluding hydrogens is 226 g/mol. The third-order valence-electron chi connectivity index (χ3n) is 3.24. The lowest BCUT2D eigenvalue weighted by Crippen LogP contribution is -2.51. The van der Waals surface area contributed by atoms with Crippen molar-refractivity contribution in [2.75, 3.05) is 32.9 Å². The van der Waals surface area contributed by atoms with E-state index < -0.39 is 12.1 Å². The quantitative estimate of drug-likeness (QED) is 0.738. The van der Waals surface area contributed by atoms with Gasteiger partial charge in [0, 0.05) is 19.8 Å². The molecule has 2 aliphatic rings. The van der Waals surface area contributed by atoms with Gasteiger partial charge in [-0.05, 0) is 18.8 Å². The fourth-order valence-electron chi connectivity index (χ4n) is 2.18. The van der Waals surface area contributed by atoms with Gasteiger partial charge < -0.3 is 19.5 Å². The summed E-state index contributed by atoms with van der Waals surface area (Å²) in [4.78, 5) is 24.0. The summed E-state index contributed by atoms with van der Waals surface area (Å²) < 4.78 is 10.2. The topological polar surface area (TPSA) is 76.1 Å². The summed E-state index contributed by atoms with van der Waals surface area (Å²) in [6, 6.07) is 0. The minimum absolute atomic E-state index is 0.117. The first-order valence-electron chi connectivity index (χ1n) is 5.86. The third-order valence-corrected chi connectivity index (χ3v) is 3.24. The van der Waals surface area contributed by atoms with E-state index in [1.807, 2.05) is 0 Å². The number of nitrogens with zero attached hydrogens (tertiary/aromatic N) is 1. The van der Waals surface area contributed by atoms with Gasteiger partial charge in [-0.3, -0.25) is 4.79 Å². The SMILES string of the molecule is O=C(O)C1CN(CC2CCOCC2)C(=O)CO1. The number of carboxylic acids is 1. The van der Waals surface area contributed by atoms with Crippen molar-refractivity contribution >= 4 is 11.9 Å².